The van der Waals surface area contributed by atoms with Crippen LogP contribution in [-0.4, -0.2) is 10.9 Å². The number of halogens is 2. The molecule has 18 heavy (non-hydrogen) atoms. The Bertz CT molecular complexity index is 602. The number of carbonyl (C=O) groups excluding carboxylic acids is 1. The summed E-state index contributed by atoms with van der Waals surface area (Å²) in [6, 6.07) is 6.99. The smallest absolute Gasteiger partial charge is 0.256 e. The molecule has 1 aromatic heterocycles. The maximum Gasteiger partial charge on any atom is 0.256 e. The van der Waals surface area contributed by atoms with E-state index in [4.69, 9.17) is 5.73 Å². The van der Waals surface area contributed by atoms with E-state index in [1.807, 2.05) is 6.07 Å². The minimum atomic E-state index is -0.229. The highest BCUT2D eigenvalue weighted by molar-refractivity contribution is 9.11. The molecule has 0 spiro atoms. The van der Waals surface area contributed by atoms with E-state index in [1.54, 1.807) is 24.4 Å². The third-order valence-electron chi connectivity index (χ3n) is 2.28. The van der Waals surface area contributed by atoms with E-state index in [0.717, 1.165) is 4.47 Å². The molecule has 2 rings (SSSR count). The van der Waals surface area contributed by atoms with Crippen LogP contribution in [0.4, 0.5) is 11.4 Å². The van der Waals surface area contributed by atoms with Gasteiger partial charge in [-0.3, -0.25) is 9.78 Å². The number of nitrogens with two attached hydrogens (primary N) is 1. The minimum Gasteiger partial charge on any atom is -0.396 e. The number of anilines is 2. The second-order valence-corrected chi connectivity index (χ2v) is 5.31. The molecule has 0 radical (unpaired) electrons. The third kappa shape index (κ3) is 2.88. The van der Waals surface area contributed by atoms with Gasteiger partial charge in [-0.05, 0) is 40.2 Å². The molecule has 92 valence electrons. The van der Waals surface area contributed by atoms with Crippen LogP contribution in [0.2, 0.25) is 0 Å². The van der Waals surface area contributed by atoms with E-state index in [2.05, 4.69) is 42.2 Å². The van der Waals surface area contributed by atoms with Crippen LogP contribution in [0.3, 0.4) is 0 Å². The quantitative estimate of drug-likeness (QED) is 0.850. The Morgan fingerprint density at radius 1 is 1.28 bits per heavy atom. The van der Waals surface area contributed by atoms with Gasteiger partial charge in [-0.15, -0.1) is 0 Å². The summed E-state index contributed by atoms with van der Waals surface area (Å²) in [5, 5.41) is 2.74. The van der Waals surface area contributed by atoms with Crippen LogP contribution in [0.1, 0.15) is 10.4 Å². The van der Waals surface area contributed by atoms with E-state index in [9.17, 15) is 4.79 Å². The molecule has 0 unspecified atom stereocenters. The highest BCUT2D eigenvalue weighted by atomic mass is 79.9. The number of hydrogen-bond donors (Lipinski definition) is 2. The van der Waals surface area contributed by atoms with Gasteiger partial charge in [0.15, 0.2) is 0 Å². The van der Waals surface area contributed by atoms with Gasteiger partial charge in [-0.25, -0.2) is 0 Å². The Hall–Kier alpha value is -1.40. The molecular formula is C12H9Br2N3O. The van der Waals surface area contributed by atoms with E-state index in [-0.39, 0.29) is 5.91 Å². The normalized spacial score (nSPS) is 10.1. The van der Waals surface area contributed by atoms with Gasteiger partial charge < -0.3 is 11.1 Å². The zero-order valence-electron chi connectivity index (χ0n) is 9.15. The van der Waals surface area contributed by atoms with Crippen molar-refractivity contribution in [2.45, 2.75) is 0 Å². The first kappa shape index (κ1) is 13.0. The molecule has 0 aliphatic heterocycles. The summed E-state index contributed by atoms with van der Waals surface area (Å²) in [6.45, 7) is 0. The lowest BCUT2D eigenvalue weighted by Crippen LogP contribution is -2.13. The van der Waals surface area contributed by atoms with Crippen LogP contribution < -0.4 is 11.1 Å². The number of amides is 1. The maximum absolute atomic E-state index is 12.1. The van der Waals surface area contributed by atoms with Gasteiger partial charge in [0.05, 0.1) is 23.1 Å². The fourth-order valence-corrected chi connectivity index (χ4v) is 2.61. The van der Waals surface area contributed by atoms with Crippen LogP contribution in [-0.2, 0) is 0 Å². The van der Waals surface area contributed by atoms with Crippen LogP contribution in [0.25, 0.3) is 0 Å². The van der Waals surface area contributed by atoms with Crippen LogP contribution in [0, 0.1) is 0 Å². The largest absolute Gasteiger partial charge is 0.396 e. The number of aromatic nitrogens is 1. The van der Waals surface area contributed by atoms with Gasteiger partial charge in [-0.1, -0.05) is 15.9 Å². The lowest BCUT2D eigenvalue weighted by molar-refractivity contribution is 0.102. The Labute approximate surface area is 121 Å². The van der Waals surface area contributed by atoms with Gasteiger partial charge in [0, 0.05) is 15.1 Å². The first-order valence-electron chi connectivity index (χ1n) is 5.04. The second kappa shape index (κ2) is 5.49. The zero-order chi connectivity index (χ0) is 13.1. The lowest BCUT2D eigenvalue weighted by Gasteiger charge is -2.08. The Kier molecular flexibility index (Phi) is 3.98. The Morgan fingerprint density at radius 3 is 2.72 bits per heavy atom. The third-order valence-corrected chi connectivity index (χ3v) is 3.43. The zero-order valence-corrected chi connectivity index (χ0v) is 12.3. The van der Waals surface area contributed by atoms with Crippen molar-refractivity contribution in [2.24, 2.45) is 0 Å². The van der Waals surface area contributed by atoms with E-state index in [1.165, 1.54) is 6.20 Å². The van der Waals surface area contributed by atoms with E-state index < -0.39 is 0 Å². The molecule has 0 bridgehead atoms. The minimum absolute atomic E-state index is 0.229. The van der Waals surface area contributed by atoms with Crippen molar-refractivity contribution in [3.63, 3.8) is 0 Å². The molecule has 0 fully saturated rings. The Balaban J connectivity index is 2.25. The van der Waals surface area contributed by atoms with E-state index in [0.29, 0.717) is 21.4 Å². The number of nitrogen functional groups attached to an aromatic ring is 1. The molecule has 0 saturated heterocycles. The lowest BCUT2D eigenvalue weighted by atomic mass is 10.2. The molecule has 0 aliphatic carbocycles. The van der Waals surface area contributed by atoms with Crippen molar-refractivity contribution in [3.05, 3.63) is 51.2 Å². The first-order chi connectivity index (χ1) is 8.58. The highest BCUT2D eigenvalue weighted by Crippen LogP contribution is 2.24. The summed E-state index contributed by atoms with van der Waals surface area (Å²) in [5.74, 6) is -0.229. The van der Waals surface area contributed by atoms with Crippen molar-refractivity contribution >= 4 is 49.1 Å². The summed E-state index contributed by atoms with van der Waals surface area (Å²) >= 11 is 6.68. The average Bonchev–Trinajstić information content (AvgIpc) is 2.32. The molecule has 1 aromatic carbocycles. The number of rotatable bonds is 2. The van der Waals surface area contributed by atoms with Crippen molar-refractivity contribution in [2.75, 3.05) is 11.1 Å². The fourth-order valence-electron chi connectivity index (χ4n) is 1.38. The first-order valence-corrected chi connectivity index (χ1v) is 6.62. The van der Waals surface area contributed by atoms with E-state index >= 15 is 0 Å². The molecule has 1 heterocycles. The number of nitrogens with zero attached hydrogens (tertiary/aromatic N) is 1. The van der Waals surface area contributed by atoms with Crippen molar-refractivity contribution in [1.29, 1.82) is 0 Å². The average molecular weight is 371 g/mol. The topological polar surface area (TPSA) is 68.0 Å². The molecule has 2 aromatic rings. The van der Waals surface area contributed by atoms with Crippen LogP contribution in [0.15, 0.2) is 45.6 Å². The summed E-state index contributed by atoms with van der Waals surface area (Å²) in [5.41, 5.74) is 7.22. The summed E-state index contributed by atoms with van der Waals surface area (Å²) < 4.78 is 1.61. The predicted octanol–water partition coefficient (Wildman–Crippen LogP) is 3.44. The fraction of sp³-hybridized carbons (Fsp3) is 0. The van der Waals surface area contributed by atoms with Crippen molar-refractivity contribution in [1.82, 2.24) is 4.98 Å². The number of carbonyl (C=O) groups is 1. The molecule has 6 heteroatoms. The molecule has 4 nitrogen and oxygen atoms in total. The molecule has 0 aliphatic rings. The van der Waals surface area contributed by atoms with Gasteiger partial charge in [-0.2, -0.15) is 0 Å². The van der Waals surface area contributed by atoms with Crippen molar-refractivity contribution in [3.8, 4) is 0 Å². The van der Waals surface area contributed by atoms with Crippen molar-refractivity contribution < 1.29 is 4.79 Å². The molecule has 0 saturated carbocycles. The van der Waals surface area contributed by atoms with Crippen LogP contribution >= 0.6 is 31.9 Å². The SMILES string of the molecule is Nc1cnccc1NC(=O)c1ccc(Br)cc1Br. The van der Waals surface area contributed by atoms with Gasteiger partial charge in [0.2, 0.25) is 0 Å². The van der Waals surface area contributed by atoms with Gasteiger partial charge >= 0.3 is 0 Å². The molecule has 3 N–H and O–H groups in total. The standard InChI is InChI=1S/C12H9Br2N3O/c13-7-1-2-8(9(14)5-7)12(18)17-11-3-4-16-6-10(11)15/h1-6H,15H2,(H,16,17,18). The number of nitrogens with one attached hydrogen (secondary N) is 1. The van der Waals surface area contributed by atoms with Gasteiger partial charge in [0.25, 0.3) is 5.91 Å². The molecule has 1 amide bonds. The highest BCUT2D eigenvalue weighted by Gasteiger charge is 2.11. The molecular weight excluding hydrogens is 362 g/mol. The Morgan fingerprint density at radius 2 is 2.06 bits per heavy atom. The molecule has 0 atom stereocenters. The number of hydrogen-bond acceptors (Lipinski definition) is 3. The van der Waals surface area contributed by atoms with Gasteiger partial charge in [0.1, 0.15) is 0 Å². The van der Waals surface area contributed by atoms with Crippen LogP contribution in [0.5, 0.6) is 0 Å². The predicted molar refractivity (Wildman–Crippen MR) is 78.4 cm³/mol. The summed E-state index contributed by atoms with van der Waals surface area (Å²) in [7, 11) is 0. The number of pyridine rings is 1. The second-order valence-electron chi connectivity index (χ2n) is 3.54. The maximum atomic E-state index is 12.1. The summed E-state index contributed by atoms with van der Waals surface area (Å²) in [6.07, 6.45) is 3.06. The summed E-state index contributed by atoms with van der Waals surface area (Å²) in [4.78, 5) is 15.9. The number of benzene rings is 1. The monoisotopic (exact) mass is 369 g/mol.